The molecule has 0 fully saturated rings. The minimum Gasteiger partial charge on any atom is -0.245 e. The van der Waals surface area contributed by atoms with Crippen LogP contribution in [0.1, 0.15) is 5.56 Å². The fourth-order valence-electron chi connectivity index (χ4n) is 1.09. The van der Waals surface area contributed by atoms with Crippen molar-refractivity contribution in [2.75, 3.05) is 0 Å². The van der Waals surface area contributed by atoms with Gasteiger partial charge in [-0.25, -0.2) is 4.98 Å². The van der Waals surface area contributed by atoms with Gasteiger partial charge in [-0.1, -0.05) is 28.5 Å². The van der Waals surface area contributed by atoms with E-state index in [1.165, 1.54) is 20.1 Å². The average Bonchev–Trinajstić information content (AvgIpc) is 2.61. The van der Waals surface area contributed by atoms with Crippen molar-refractivity contribution < 1.29 is 0 Å². The van der Waals surface area contributed by atoms with Gasteiger partial charge in [0.15, 0.2) is 0 Å². The van der Waals surface area contributed by atoms with Crippen LogP contribution in [0.25, 0.3) is 10.2 Å². The fourth-order valence-corrected chi connectivity index (χ4v) is 3.16. The van der Waals surface area contributed by atoms with E-state index in [2.05, 4.69) is 34.8 Å². The molecule has 5 heteroatoms. The summed E-state index contributed by atoms with van der Waals surface area (Å²) in [5.41, 5.74) is 4.30. The number of thiol groups is 1. The van der Waals surface area contributed by atoms with Crippen LogP contribution in [0.3, 0.4) is 0 Å². The summed E-state index contributed by atoms with van der Waals surface area (Å²) in [6.07, 6.45) is 0. The van der Waals surface area contributed by atoms with Gasteiger partial charge in [-0.15, -0.1) is 11.3 Å². The molecule has 0 saturated heterocycles. The third-order valence-electron chi connectivity index (χ3n) is 1.67. The highest BCUT2D eigenvalue weighted by Crippen LogP contribution is 2.29. The lowest BCUT2D eigenvalue weighted by Gasteiger charge is -1.97. The summed E-state index contributed by atoms with van der Waals surface area (Å²) in [4.78, 5) is 4.27. The second-order valence-electron chi connectivity index (χ2n) is 2.49. The maximum atomic E-state index is 4.27. The zero-order chi connectivity index (χ0) is 9.10. The molecule has 0 aliphatic heterocycles. The predicted molar refractivity (Wildman–Crippen MR) is 67.5 cm³/mol. The van der Waals surface area contributed by atoms with E-state index in [1.807, 2.05) is 5.51 Å². The van der Waals surface area contributed by atoms with Gasteiger partial charge in [-0.05, 0) is 27.5 Å². The van der Waals surface area contributed by atoms with E-state index in [-0.39, 0.29) is 0 Å². The molecule has 0 N–H and O–H groups in total. The first kappa shape index (κ1) is 9.71. The molecule has 0 aliphatic carbocycles. The highest BCUT2D eigenvalue weighted by molar-refractivity contribution is 9.05. The lowest BCUT2D eigenvalue weighted by Crippen LogP contribution is -1.77. The minimum absolute atomic E-state index is 0.988. The molecule has 0 aliphatic rings. The van der Waals surface area contributed by atoms with Crippen molar-refractivity contribution >= 4 is 53.8 Å². The lowest BCUT2D eigenvalue weighted by atomic mass is 10.2. The summed E-state index contributed by atoms with van der Waals surface area (Å²) in [6, 6.07) is 6.42. The van der Waals surface area contributed by atoms with E-state index < -0.39 is 0 Å². The van der Waals surface area contributed by atoms with Crippen LogP contribution in [0.5, 0.6) is 0 Å². The van der Waals surface area contributed by atoms with Crippen molar-refractivity contribution in [1.29, 1.82) is 0 Å². The second kappa shape index (κ2) is 4.59. The Hall–Kier alpha value is 0.160. The lowest BCUT2D eigenvalue weighted by molar-refractivity contribution is 1.42. The van der Waals surface area contributed by atoms with Crippen LogP contribution in [0.15, 0.2) is 23.7 Å². The highest BCUT2D eigenvalue weighted by atomic mass is 33.5. The van der Waals surface area contributed by atoms with Gasteiger partial charge in [0.05, 0.1) is 15.7 Å². The molecule has 0 saturated carbocycles. The third-order valence-corrected chi connectivity index (χ3v) is 4.66. The Morgan fingerprint density at radius 2 is 2.38 bits per heavy atom. The standard InChI is InChI=1S/C8H7NS4/c10-13-12-4-6-1-2-8-7(3-6)9-5-11-8/h1-3,5,10H,4H2. The van der Waals surface area contributed by atoms with Crippen LogP contribution < -0.4 is 0 Å². The molecule has 68 valence electrons. The molecule has 2 rings (SSSR count). The number of rotatable bonds is 3. The fraction of sp³-hybridized carbons (Fsp3) is 0.125. The Morgan fingerprint density at radius 1 is 1.46 bits per heavy atom. The average molecular weight is 245 g/mol. The number of hydrogen-bond acceptors (Lipinski definition) is 5. The van der Waals surface area contributed by atoms with Gasteiger partial charge >= 0.3 is 0 Å². The molecule has 0 amide bonds. The molecule has 1 aromatic heterocycles. The number of nitrogens with zero attached hydrogens (tertiary/aromatic N) is 1. The van der Waals surface area contributed by atoms with Crippen LogP contribution in [-0.2, 0) is 5.75 Å². The van der Waals surface area contributed by atoms with Gasteiger partial charge in [0.25, 0.3) is 0 Å². The number of hydrogen-bond donors (Lipinski definition) is 1. The van der Waals surface area contributed by atoms with Gasteiger partial charge in [-0.3, -0.25) is 0 Å². The first-order chi connectivity index (χ1) is 6.40. The van der Waals surface area contributed by atoms with Gasteiger partial charge < -0.3 is 0 Å². The van der Waals surface area contributed by atoms with E-state index in [0.29, 0.717) is 0 Å². The molecular formula is C8H7NS4. The molecule has 0 radical (unpaired) electrons. The molecule has 1 heterocycles. The molecular weight excluding hydrogens is 238 g/mol. The van der Waals surface area contributed by atoms with Gasteiger partial charge in [-0.2, -0.15) is 0 Å². The van der Waals surface area contributed by atoms with Crippen molar-refractivity contribution in [3.63, 3.8) is 0 Å². The summed E-state index contributed by atoms with van der Waals surface area (Å²) in [5.74, 6) is 0.988. The van der Waals surface area contributed by atoms with Crippen LogP contribution in [0.4, 0.5) is 0 Å². The Bertz CT molecular complexity index is 398. The maximum Gasteiger partial charge on any atom is 0.0815 e. The van der Waals surface area contributed by atoms with E-state index in [1.54, 1.807) is 22.1 Å². The predicted octanol–water partition coefficient (Wildman–Crippen LogP) is 4.02. The van der Waals surface area contributed by atoms with Gasteiger partial charge in [0.1, 0.15) is 0 Å². The van der Waals surface area contributed by atoms with Gasteiger partial charge in [0, 0.05) is 5.75 Å². The third kappa shape index (κ3) is 2.34. The molecule has 0 unspecified atom stereocenters. The first-order valence-electron chi connectivity index (χ1n) is 3.65. The molecule has 13 heavy (non-hydrogen) atoms. The molecule has 1 nitrogen and oxygen atoms in total. The Balaban J connectivity index is 2.26. The monoisotopic (exact) mass is 245 g/mol. The van der Waals surface area contributed by atoms with Crippen molar-refractivity contribution in [2.45, 2.75) is 5.75 Å². The van der Waals surface area contributed by atoms with E-state index in [9.17, 15) is 0 Å². The summed E-state index contributed by atoms with van der Waals surface area (Å²) >= 11 is 5.76. The van der Waals surface area contributed by atoms with Gasteiger partial charge in [0.2, 0.25) is 0 Å². The Labute approximate surface area is 93.5 Å². The highest BCUT2D eigenvalue weighted by Gasteiger charge is 1.98. The van der Waals surface area contributed by atoms with Crippen LogP contribution in [-0.4, -0.2) is 4.98 Å². The Kier molecular flexibility index (Phi) is 3.43. The molecule has 0 bridgehead atoms. The van der Waals surface area contributed by atoms with Crippen molar-refractivity contribution in [3.05, 3.63) is 29.3 Å². The quantitative estimate of drug-likeness (QED) is 0.648. The summed E-state index contributed by atoms with van der Waals surface area (Å²) in [6.45, 7) is 0. The first-order valence-corrected chi connectivity index (χ1v) is 7.90. The van der Waals surface area contributed by atoms with E-state index in [4.69, 9.17) is 0 Å². The van der Waals surface area contributed by atoms with Crippen LogP contribution >= 0.6 is 43.6 Å². The zero-order valence-electron chi connectivity index (χ0n) is 6.64. The van der Waals surface area contributed by atoms with Crippen molar-refractivity contribution in [1.82, 2.24) is 4.98 Å². The molecule has 2 aromatic rings. The van der Waals surface area contributed by atoms with Crippen molar-refractivity contribution in [2.24, 2.45) is 0 Å². The zero-order valence-corrected chi connectivity index (χ0v) is 9.98. The Morgan fingerprint density at radius 3 is 3.23 bits per heavy atom. The summed E-state index contributed by atoms with van der Waals surface area (Å²) in [7, 11) is 3.23. The molecule has 0 spiro atoms. The topological polar surface area (TPSA) is 12.9 Å². The van der Waals surface area contributed by atoms with E-state index >= 15 is 0 Å². The number of benzene rings is 1. The number of thiazole rings is 1. The molecule has 1 aromatic carbocycles. The normalized spacial score (nSPS) is 10.8. The SMILES string of the molecule is SSSCc1ccc2scnc2c1. The van der Waals surface area contributed by atoms with Crippen molar-refractivity contribution in [3.8, 4) is 0 Å². The minimum atomic E-state index is 0.988. The summed E-state index contributed by atoms with van der Waals surface area (Å²) < 4.78 is 1.26. The number of aromatic nitrogens is 1. The largest absolute Gasteiger partial charge is 0.245 e. The number of fused-ring (bicyclic) bond motifs is 1. The second-order valence-corrected chi connectivity index (χ2v) is 6.55. The van der Waals surface area contributed by atoms with Crippen LogP contribution in [0, 0.1) is 0 Å². The smallest absolute Gasteiger partial charge is 0.0815 e. The summed E-state index contributed by atoms with van der Waals surface area (Å²) in [5, 5.41) is 0. The maximum absolute atomic E-state index is 4.27. The van der Waals surface area contributed by atoms with Crippen LogP contribution in [0.2, 0.25) is 0 Å². The van der Waals surface area contributed by atoms with E-state index in [0.717, 1.165) is 11.3 Å². The molecule has 0 atom stereocenters.